The van der Waals surface area contributed by atoms with Crippen molar-refractivity contribution in [3.05, 3.63) is 91.0 Å². The molecular weight excluding hydrogens is 247 g/mol. The van der Waals surface area contributed by atoms with E-state index in [-0.39, 0.29) is 0 Å². The van der Waals surface area contributed by atoms with Crippen molar-refractivity contribution in [2.45, 2.75) is 0 Å². The van der Waals surface area contributed by atoms with Gasteiger partial charge in [0.2, 0.25) is 0 Å². The largest absolute Gasteiger partial charge is 0.0623 e. The van der Waals surface area contributed by atoms with Gasteiger partial charge in [-0.05, 0) is 23.8 Å². The van der Waals surface area contributed by atoms with Gasteiger partial charge in [-0.3, -0.25) is 0 Å². The minimum Gasteiger partial charge on any atom is -0.0622 e. The van der Waals surface area contributed by atoms with Crippen LogP contribution in [0.2, 0.25) is 0 Å². The average molecular weight is 263 g/mol. The molecule has 0 fully saturated rings. The fourth-order valence-electron chi connectivity index (χ4n) is 2.12. The summed E-state index contributed by atoms with van der Waals surface area (Å²) in [5, 5.41) is 3.86. The molecular formula is C18H15P. The van der Waals surface area contributed by atoms with Crippen molar-refractivity contribution in [1.29, 1.82) is 0 Å². The van der Waals surface area contributed by atoms with Gasteiger partial charge in [-0.15, -0.1) is 0 Å². The molecule has 0 N–H and O–H groups in total. The van der Waals surface area contributed by atoms with Gasteiger partial charge in [-0.25, -0.2) is 0 Å². The molecule has 0 amide bonds. The standard InChI is InChI=1S/C18H15P/c1-4-10-16(11-5-1)19(17-12-6-2-7-13-17)18-14-8-3-9-15-18/h1-15H/i4D. The normalized spacial score (nSPS) is 11.3. The van der Waals surface area contributed by atoms with Gasteiger partial charge in [0.25, 0.3) is 0 Å². The predicted octanol–water partition coefficient (Wildman–Crippen LogP) is 3.44. The van der Waals surface area contributed by atoms with Crippen LogP contribution in [0, 0.1) is 0 Å². The second kappa shape index (κ2) is 5.82. The highest BCUT2D eigenvalue weighted by atomic mass is 31.1. The van der Waals surface area contributed by atoms with Crippen molar-refractivity contribution in [2.24, 2.45) is 0 Å². The Morgan fingerprint density at radius 2 is 0.947 bits per heavy atom. The average Bonchev–Trinajstić information content (AvgIpc) is 2.50. The molecule has 0 unspecified atom stereocenters. The maximum Gasteiger partial charge on any atom is 0.0623 e. The van der Waals surface area contributed by atoms with E-state index in [1.54, 1.807) is 0 Å². The van der Waals surface area contributed by atoms with Gasteiger partial charge in [-0.1, -0.05) is 91.0 Å². The van der Waals surface area contributed by atoms with Crippen LogP contribution in [-0.2, 0) is 0 Å². The quantitative estimate of drug-likeness (QED) is 0.635. The number of rotatable bonds is 3. The molecule has 0 heterocycles. The lowest BCUT2D eigenvalue weighted by Crippen LogP contribution is -2.20. The summed E-state index contributed by atoms with van der Waals surface area (Å²) >= 11 is 0. The molecule has 0 saturated carbocycles. The van der Waals surface area contributed by atoms with Crippen LogP contribution in [0.5, 0.6) is 0 Å². The molecule has 3 aromatic rings. The van der Waals surface area contributed by atoms with E-state index in [1.165, 1.54) is 15.9 Å². The summed E-state index contributed by atoms with van der Waals surface area (Å²) in [5.74, 6) is 0. The van der Waals surface area contributed by atoms with Gasteiger partial charge in [0, 0.05) is 0 Å². The lowest BCUT2D eigenvalue weighted by Gasteiger charge is -2.18. The van der Waals surface area contributed by atoms with Gasteiger partial charge in [0.15, 0.2) is 0 Å². The fraction of sp³-hybridized carbons (Fsp3) is 0. The first-order valence-corrected chi connectivity index (χ1v) is 7.66. The van der Waals surface area contributed by atoms with Crippen molar-refractivity contribution in [3.8, 4) is 0 Å². The zero-order valence-electron chi connectivity index (χ0n) is 11.5. The van der Waals surface area contributed by atoms with Crippen molar-refractivity contribution >= 4 is 23.8 Å². The van der Waals surface area contributed by atoms with Crippen molar-refractivity contribution in [3.63, 3.8) is 0 Å². The van der Waals surface area contributed by atoms with Crippen LogP contribution in [0.1, 0.15) is 1.37 Å². The highest BCUT2D eigenvalue weighted by Crippen LogP contribution is 2.32. The Morgan fingerprint density at radius 3 is 1.42 bits per heavy atom. The Balaban J connectivity index is 2.14. The zero-order chi connectivity index (χ0) is 13.8. The highest BCUT2D eigenvalue weighted by Gasteiger charge is 2.14. The fourth-order valence-corrected chi connectivity index (χ4v) is 4.40. The van der Waals surface area contributed by atoms with Crippen LogP contribution in [0.15, 0.2) is 91.0 Å². The van der Waals surface area contributed by atoms with Crippen molar-refractivity contribution in [1.82, 2.24) is 0 Å². The van der Waals surface area contributed by atoms with E-state index < -0.39 is 7.92 Å². The van der Waals surface area contributed by atoms with Crippen LogP contribution in [-0.4, -0.2) is 0 Å². The first-order valence-electron chi connectivity index (χ1n) is 6.81. The second-order valence-corrected chi connectivity index (χ2v) is 6.49. The first-order chi connectivity index (χ1) is 9.84. The smallest absolute Gasteiger partial charge is 0.0622 e. The Morgan fingerprint density at radius 1 is 0.526 bits per heavy atom. The minimum absolute atomic E-state index is 0.571. The Labute approximate surface area is 116 Å². The molecule has 0 bridgehead atoms. The monoisotopic (exact) mass is 263 g/mol. The Bertz CT molecular complexity index is 641. The summed E-state index contributed by atoms with van der Waals surface area (Å²) in [6.45, 7) is 0. The van der Waals surface area contributed by atoms with Gasteiger partial charge in [0.1, 0.15) is 0 Å². The van der Waals surface area contributed by atoms with E-state index in [9.17, 15) is 0 Å². The molecule has 0 radical (unpaired) electrons. The lowest BCUT2D eigenvalue weighted by atomic mass is 10.4. The van der Waals surface area contributed by atoms with E-state index >= 15 is 0 Å². The van der Waals surface area contributed by atoms with E-state index in [0.29, 0.717) is 6.04 Å². The molecule has 92 valence electrons. The molecule has 3 aromatic carbocycles. The molecule has 19 heavy (non-hydrogen) atoms. The third-order valence-corrected chi connectivity index (χ3v) is 5.40. The SMILES string of the molecule is [2H]c1cccc(P(c2ccccc2)c2ccccc2)c1. The third-order valence-electron chi connectivity index (χ3n) is 2.98. The molecule has 0 aromatic heterocycles. The molecule has 0 aliphatic heterocycles. The van der Waals surface area contributed by atoms with Crippen LogP contribution < -0.4 is 15.9 Å². The van der Waals surface area contributed by atoms with Gasteiger partial charge in [-0.2, -0.15) is 0 Å². The molecule has 0 nitrogen and oxygen atoms in total. The molecule has 0 atom stereocenters. The topological polar surface area (TPSA) is 0 Å². The van der Waals surface area contributed by atoms with Crippen LogP contribution >= 0.6 is 7.92 Å². The maximum absolute atomic E-state index is 7.86. The molecule has 1 heteroatoms. The molecule has 0 aliphatic rings. The molecule has 0 aliphatic carbocycles. The van der Waals surface area contributed by atoms with Crippen molar-refractivity contribution < 1.29 is 1.37 Å². The summed E-state index contributed by atoms with van der Waals surface area (Å²) in [4.78, 5) is 0. The van der Waals surface area contributed by atoms with Crippen LogP contribution in [0.25, 0.3) is 0 Å². The lowest BCUT2D eigenvalue weighted by molar-refractivity contribution is 1.74. The van der Waals surface area contributed by atoms with Gasteiger partial charge in [0.05, 0.1) is 1.37 Å². The van der Waals surface area contributed by atoms with Crippen molar-refractivity contribution in [2.75, 3.05) is 0 Å². The predicted molar refractivity (Wildman–Crippen MR) is 85.1 cm³/mol. The van der Waals surface area contributed by atoms with Gasteiger partial charge >= 0.3 is 0 Å². The summed E-state index contributed by atoms with van der Waals surface area (Å²) in [5.41, 5.74) is 0. The minimum atomic E-state index is -0.582. The summed E-state index contributed by atoms with van der Waals surface area (Å²) in [6, 6.07) is 29.6. The van der Waals surface area contributed by atoms with E-state index in [0.717, 1.165) is 0 Å². The molecule has 0 spiro atoms. The molecule has 3 rings (SSSR count). The van der Waals surface area contributed by atoms with E-state index in [2.05, 4.69) is 54.6 Å². The van der Waals surface area contributed by atoms with E-state index in [1.807, 2.05) is 30.3 Å². The first kappa shape index (κ1) is 11.0. The maximum atomic E-state index is 7.86. The van der Waals surface area contributed by atoms with E-state index in [4.69, 9.17) is 1.37 Å². The van der Waals surface area contributed by atoms with Gasteiger partial charge < -0.3 is 0 Å². The van der Waals surface area contributed by atoms with Crippen LogP contribution in [0.3, 0.4) is 0 Å². The summed E-state index contributed by atoms with van der Waals surface area (Å²) in [6.07, 6.45) is 0. The summed E-state index contributed by atoms with van der Waals surface area (Å²) in [7, 11) is -0.582. The zero-order valence-corrected chi connectivity index (χ0v) is 11.4. The highest BCUT2D eigenvalue weighted by molar-refractivity contribution is 7.79. The van der Waals surface area contributed by atoms with Crippen LogP contribution in [0.4, 0.5) is 0 Å². The summed E-state index contributed by atoms with van der Waals surface area (Å²) < 4.78 is 7.86. The number of hydrogen-bond acceptors (Lipinski definition) is 0. The second-order valence-electron chi connectivity index (χ2n) is 4.27. The Hall–Kier alpha value is -1.91. The third kappa shape index (κ3) is 2.75. The number of benzene rings is 3. The number of hydrogen-bond donors (Lipinski definition) is 0. The molecule has 0 saturated heterocycles. The Kier molecular flexibility index (Phi) is 3.36.